The molecule has 0 aliphatic carbocycles. The Labute approximate surface area is 205 Å². The number of pyridine rings is 1. The van der Waals surface area contributed by atoms with Crippen LogP contribution in [0, 0.1) is 19.3 Å². The zero-order valence-corrected chi connectivity index (χ0v) is 21.1. The van der Waals surface area contributed by atoms with Crippen LogP contribution in [-0.2, 0) is 0 Å². The van der Waals surface area contributed by atoms with Crippen molar-refractivity contribution < 1.29 is 4.79 Å². The lowest BCUT2D eigenvalue weighted by Gasteiger charge is -2.26. The van der Waals surface area contributed by atoms with Gasteiger partial charge in [-0.1, -0.05) is 31.5 Å². The number of likely N-dealkylation sites (tertiary alicyclic amines) is 1. The van der Waals surface area contributed by atoms with Crippen LogP contribution in [-0.4, -0.2) is 63.6 Å². The van der Waals surface area contributed by atoms with E-state index in [4.69, 9.17) is 16.1 Å². The second kappa shape index (κ2) is 10.0. The Bertz CT molecular complexity index is 1200. The van der Waals surface area contributed by atoms with E-state index >= 15 is 0 Å². The van der Waals surface area contributed by atoms with Gasteiger partial charge < -0.3 is 10.6 Å². The van der Waals surface area contributed by atoms with E-state index in [9.17, 15) is 4.79 Å². The van der Waals surface area contributed by atoms with Crippen molar-refractivity contribution in [1.82, 2.24) is 19.8 Å². The molecule has 0 bridgehead atoms. The molecule has 3 N–H and O–H groups in total. The molecule has 8 heteroatoms. The number of benzene rings is 1. The summed E-state index contributed by atoms with van der Waals surface area (Å²) in [5, 5.41) is 9.37. The molecule has 1 saturated heterocycles. The Kier molecular flexibility index (Phi) is 7.09. The standard InChI is InChI=1S/C26H32N6OS/c1-5-31(6-2)19-9-11-32(15-19)26(33)23-24(18-8-7-10-29-14-18)34-25(30-23)22(28)20-13-16(3)12-17(4)21(20)27/h7-8,10,12-14,19,28H,5-6,9,11,15,27H2,1-4H3. The van der Waals surface area contributed by atoms with Gasteiger partial charge in [0.2, 0.25) is 0 Å². The first-order valence-electron chi connectivity index (χ1n) is 11.7. The lowest BCUT2D eigenvalue weighted by Crippen LogP contribution is -2.38. The molecule has 1 amide bonds. The van der Waals surface area contributed by atoms with E-state index < -0.39 is 0 Å². The van der Waals surface area contributed by atoms with Gasteiger partial charge >= 0.3 is 0 Å². The minimum atomic E-state index is -0.0859. The summed E-state index contributed by atoms with van der Waals surface area (Å²) in [6, 6.07) is 8.06. The average Bonchev–Trinajstić information content (AvgIpc) is 3.50. The molecule has 3 aromatic rings. The number of nitrogens with two attached hydrogens (primary N) is 1. The zero-order valence-electron chi connectivity index (χ0n) is 20.3. The van der Waals surface area contributed by atoms with Crippen molar-refractivity contribution in [3.05, 3.63) is 64.1 Å². The van der Waals surface area contributed by atoms with Gasteiger partial charge in [0, 0.05) is 48.3 Å². The summed E-state index contributed by atoms with van der Waals surface area (Å²) in [5.41, 5.74) is 11.0. The molecular formula is C26H32N6OS. The summed E-state index contributed by atoms with van der Waals surface area (Å²) in [7, 11) is 0. The summed E-state index contributed by atoms with van der Waals surface area (Å²) in [4.78, 5) is 27.7. The molecule has 1 aliphatic heterocycles. The number of nitrogens with zero attached hydrogens (tertiary/aromatic N) is 4. The van der Waals surface area contributed by atoms with E-state index in [0.717, 1.165) is 41.1 Å². The fraction of sp³-hybridized carbons (Fsp3) is 0.385. The third-order valence-electron chi connectivity index (χ3n) is 6.55. The van der Waals surface area contributed by atoms with Crippen molar-refractivity contribution >= 4 is 28.6 Å². The first-order chi connectivity index (χ1) is 16.3. The van der Waals surface area contributed by atoms with Crippen molar-refractivity contribution in [1.29, 1.82) is 5.41 Å². The Morgan fingerprint density at radius 3 is 2.74 bits per heavy atom. The maximum atomic E-state index is 13.7. The number of amides is 1. The predicted molar refractivity (Wildman–Crippen MR) is 139 cm³/mol. The predicted octanol–water partition coefficient (Wildman–Crippen LogP) is 4.38. The number of anilines is 1. The number of hydrogen-bond acceptors (Lipinski definition) is 7. The highest BCUT2D eigenvalue weighted by molar-refractivity contribution is 7.17. The molecule has 34 heavy (non-hydrogen) atoms. The van der Waals surface area contributed by atoms with Crippen LogP contribution in [0.1, 0.15) is 52.5 Å². The van der Waals surface area contributed by atoms with Crippen LogP contribution in [0.4, 0.5) is 5.69 Å². The monoisotopic (exact) mass is 476 g/mol. The number of likely N-dealkylation sites (N-methyl/N-ethyl adjacent to an activating group) is 1. The van der Waals surface area contributed by atoms with Gasteiger partial charge in [-0.3, -0.25) is 20.1 Å². The molecule has 1 atom stereocenters. The quantitative estimate of drug-likeness (QED) is 0.389. The SMILES string of the molecule is CCN(CC)C1CCN(C(=O)c2nc(C(=N)c3cc(C)cc(C)c3N)sc2-c2cccnc2)C1. The largest absolute Gasteiger partial charge is 0.398 e. The number of carbonyl (C=O) groups excluding carboxylic acids is 1. The molecule has 178 valence electrons. The van der Waals surface area contributed by atoms with Crippen LogP contribution in [0.3, 0.4) is 0 Å². The summed E-state index contributed by atoms with van der Waals surface area (Å²) < 4.78 is 0. The van der Waals surface area contributed by atoms with Gasteiger partial charge in [-0.2, -0.15) is 0 Å². The fourth-order valence-corrected chi connectivity index (χ4v) is 5.69. The summed E-state index contributed by atoms with van der Waals surface area (Å²) >= 11 is 1.35. The Morgan fingerprint density at radius 1 is 1.29 bits per heavy atom. The summed E-state index contributed by atoms with van der Waals surface area (Å²) in [5.74, 6) is -0.0859. The normalized spacial score (nSPS) is 15.8. The second-order valence-corrected chi connectivity index (χ2v) is 9.77. The number of thiazole rings is 1. The van der Waals surface area contributed by atoms with Gasteiger partial charge in [-0.05, 0) is 51.1 Å². The third-order valence-corrected chi connectivity index (χ3v) is 7.67. The van der Waals surface area contributed by atoms with Crippen molar-refractivity contribution in [2.75, 3.05) is 31.9 Å². The van der Waals surface area contributed by atoms with Crippen molar-refractivity contribution in [3.8, 4) is 10.4 Å². The lowest BCUT2D eigenvalue weighted by molar-refractivity contribution is 0.0773. The number of aromatic nitrogens is 2. The molecule has 2 aromatic heterocycles. The van der Waals surface area contributed by atoms with E-state index in [1.165, 1.54) is 11.3 Å². The van der Waals surface area contributed by atoms with Crippen LogP contribution in [0.25, 0.3) is 10.4 Å². The van der Waals surface area contributed by atoms with Crippen molar-refractivity contribution in [3.63, 3.8) is 0 Å². The topological polar surface area (TPSA) is 99.2 Å². The smallest absolute Gasteiger partial charge is 0.274 e. The van der Waals surface area contributed by atoms with E-state index in [2.05, 4.69) is 23.7 Å². The second-order valence-electron chi connectivity index (χ2n) is 8.77. The van der Waals surface area contributed by atoms with Gasteiger partial charge in [0.1, 0.15) is 10.7 Å². The highest BCUT2D eigenvalue weighted by Gasteiger charge is 2.33. The molecule has 4 rings (SSSR count). The lowest BCUT2D eigenvalue weighted by atomic mass is 10.0. The molecule has 0 saturated carbocycles. The van der Waals surface area contributed by atoms with Gasteiger partial charge in [0.15, 0.2) is 0 Å². The highest BCUT2D eigenvalue weighted by Crippen LogP contribution is 2.34. The average molecular weight is 477 g/mol. The van der Waals surface area contributed by atoms with Crippen LogP contribution >= 0.6 is 11.3 Å². The van der Waals surface area contributed by atoms with Gasteiger partial charge in [0.05, 0.1) is 10.6 Å². The number of carbonyl (C=O) groups is 1. The maximum Gasteiger partial charge on any atom is 0.274 e. The molecule has 0 radical (unpaired) electrons. The third kappa shape index (κ3) is 4.60. The number of hydrogen-bond donors (Lipinski definition) is 2. The van der Waals surface area contributed by atoms with Crippen LogP contribution < -0.4 is 5.73 Å². The number of nitrogen functional groups attached to an aromatic ring is 1. The van der Waals surface area contributed by atoms with E-state index in [1.807, 2.05) is 43.0 Å². The van der Waals surface area contributed by atoms with Gasteiger partial charge in [-0.15, -0.1) is 11.3 Å². The van der Waals surface area contributed by atoms with E-state index in [0.29, 0.717) is 41.1 Å². The van der Waals surface area contributed by atoms with E-state index in [-0.39, 0.29) is 11.6 Å². The number of nitrogens with one attached hydrogen (secondary N) is 1. The summed E-state index contributed by atoms with van der Waals surface area (Å²) in [6.07, 6.45) is 4.41. The summed E-state index contributed by atoms with van der Waals surface area (Å²) in [6.45, 7) is 11.6. The first kappa shape index (κ1) is 24.0. The number of rotatable bonds is 7. The van der Waals surface area contributed by atoms with Crippen LogP contribution in [0.2, 0.25) is 0 Å². The minimum Gasteiger partial charge on any atom is -0.398 e. The van der Waals surface area contributed by atoms with Crippen molar-refractivity contribution in [2.24, 2.45) is 0 Å². The molecule has 7 nitrogen and oxygen atoms in total. The van der Waals surface area contributed by atoms with Gasteiger partial charge in [0.25, 0.3) is 5.91 Å². The van der Waals surface area contributed by atoms with Gasteiger partial charge in [-0.25, -0.2) is 4.98 Å². The zero-order chi connectivity index (χ0) is 24.4. The molecule has 1 aliphatic rings. The van der Waals surface area contributed by atoms with E-state index in [1.54, 1.807) is 12.4 Å². The minimum absolute atomic E-state index is 0.0859. The first-order valence-corrected chi connectivity index (χ1v) is 12.6. The Morgan fingerprint density at radius 2 is 2.06 bits per heavy atom. The Balaban J connectivity index is 1.72. The van der Waals surface area contributed by atoms with Crippen LogP contribution in [0.15, 0.2) is 36.7 Å². The molecule has 3 heterocycles. The highest BCUT2D eigenvalue weighted by atomic mass is 32.1. The molecule has 0 spiro atoms. The van der Waals surface area contributed by atoms with Crippen LogP contribution in [0.5, 0.6) is 0 Å². The number of aryl methyl sites for hydroxylation is 2. The Hall–Kier alpha value is -3.10. The molecule has 1 unspecified atom stereocenters. The molecular weight excluding hydrogens is 444 g/mol. The van der Waals surface area contributed by atoms with Crippen molar-refractivity contribution in [2.45, 2.75) is 40.2 Å². The maximum absolute atomic E-state index is 13.7. The fourth-order valence-electron chi connectivity index (χ4n) is 4.68. The molecule has 1 aromatic carbocycles. The molecule has 1 fully saturated rings.